The first-order chi connectivity index (χ1) is 12.3. The van der Waals surface area contributed by atoms with Crippen molar-refractivity contribution < 1.29 is 13.2 Å². The Hall–Kier alpha value is -2.85. The van der Waals surface area contributed by atoms with Crippen LogP contribution in [0.25, 0.3) is 0 Å². The highest BCUT2D eigenvalue weighted by molar-refractivity contribution is 7.92. The molecule has 0 spiro atoms. The third-order valence-electron chi connectivity index (χ3n) is 3.96. The largest absolute Gasteiger partial charge is 0.323 e. The van der Waals surface area contributed by atoms with Crippen LogP contribution in [0.15, 0.2) is 42.5 Å². The quantitative estimate of drug-likeness (QED) is 0.845. The van der Waals surface area contributed by atoms with Crippen LogP contribution in [0.3, 0.4) is 0 Å². The molecule has 0 bridgehead atoms. The van der Waals surface area contributed by atoms with Crippen LogP contribution >= 0.6 is 0 Å². The zero-order valence-corrected chi connectivity index (χ0v) is 15.8. The summed E-state index contributed by atoms with van der Waals surface area (Å²) >= 11 is 0. The van der Waals surface area contributed by atoms with E-state index in [0.29, 0.717) is 23.4 Å². The van der Waals surface area contributed by atoms with Crippen molar-refractivity contribution in [2.24, 2.45) is 0 Å². The van der Waals surface area contributed by atoms with Gasteiger partial charge < -0.3 is 5.32 Å². The summed E-state index contributed by atoms with van der Waals surface area (Å²) in [6.07, 6.45) is 1.72. The van der Waals surface area contributed by atoms with Crippen molar-refractivity contribution in [3.05, 3.63) is 59.2 Å². The summed E-state index contributed by atoms with van der Waals surface area (Å²) < 4.78 is 25.8. The molecule has 0 saturated carbocycles. The van der Waals surface area contributed by atoms with Gasteiger partial charge in [0.1, 0.15) is 12.6 Å². The number of nitrogens with one attached hydrogen (secondary N) is 1. The SMILES string of the molecule is CCc1cccc(C)c1N(CC(=O)Nc1ccccc1C#N)S(C)(=O)=O. The maximum atomic E-state index is 12.5. The van der Waals surface area contributed by atoms with E-state index < -0.39 is 15.9 Å². The Morgan fingerprint density at radius 2 is 1.88 bits per heavy atom. The van der Waals surface area contributed by atoms with Crippen molar-refractivity contribution in [3.8, 4) is 6.07 Å². The van der Waals surface area contributed by atoms with E-state index in [1.807, 2.05) is 38.1 Å². The van der Waals surface area contributed by atoms with Gasteiger partial charge in [-0.25, -0.2) is 8.42 Å². The highest BCUT2D eigenvalue weighted by atomic mass is 32.2. The maximum Gasteiger partial charge on any atom is 0.245 e. The summed E-state index contributed by atoms with van der Waals surface area (Å²) in [6, 6.07) is 14.1. The van der Waals surface area contributed by atoms with Gasteiger partial charge in [0.2, 0.25) is 15.9 Å². The van der Waals surface area contributed by atoms with Crippen LogP contribution in [0.5, 0.6) is 0 Å². The Morgan fingerprint density at radius 1 is 1.19 bits per heavy atom. The molecule has 0 atom stereocenters. The van der Waals surface area contributed by atoms with Crippen LogP contribution in [0, 0.1) is 18.3 Å². The molecule has 136 valence electrons. The number of nitriles is 1. The van der Waals surface area contributed by atoms with Gasteiger partial charge in [0.15, 0.2) is 0 Å². The Labute approximate surface area is 154 Å². The lowest BCUT2D eigenvalue weighted by atomic mass is 10.1. The molecule has 0 aliphatic heterocycles. The molecule has 6 nitrogen and oxygen atoms in total. The smallest absolute Gasteiger partial charge is 0.245 e. The summed E-state index contributed by atoms with van der Waals surface area (Å²) in [5.74, 6) is -0.511. The molecule has 0 aliphatic rings. The standard InChI is InChI=1S/C19H21N3O3S/c1-4-15-10-7-8-14(2)19(15)22(26(3,24)25)13-18(23)21-17-11-6-5-9-16(17)12-20/h5-11H,4,13H2,1-3H3,(H,21,23). The minimum absolute atomic E-state index is 0.317. The number of aryl methyl sites for hydroxylation is 2. The fourth-order valence-corrected chi connectivity index (χ4v) is 3.68. The molecule has 1 amide bonds. The van der Waals surface area contributed by atoms with Gasteiger partial charge in [0.25, 0.3) is 0 Å². The predicted molar refractivity (Wildman–Crippen MR) is 103 cm³/mol. The Morgan fingerprint density at radius 3 is 2.50 bits per heavy atom. The van der Waals surface area contributed by atoms with Crippen molar-refractivity contribution in [2.45, 2.75) is 20.3 Å². The number of anilines is 2. The highest BCUT2D eigenvalue weighted by Crippen LogP contribution is 2.28. The van der Waals surface area contributed by atoms with E-state index in [-0.39, 0.29) is 6.54 Å². The van der Waals surface area contributed by atoms with Gasteiger partial charge in [-0.15, -0.1) is 0 Å². The Bertz CT molecular complexity index is 962. The van der Waals surface area contributed by atoms with E-state index in [2.05, 4.69) is 5.32 Å². The molecule has 0 unspecified atom stereocenters. The second-order valence-corrected chi connectivity index (χ2v) is 7.82. The number of benzene rings is 2. The zero-order chi connectivity index (χ0) is 19.3. The first kappa shape index (κ1) is 19.5. The molecule has 0 aliphatic carbocycles. The lowest BCUT2D eigenvalue weighted by molar-refractivity contribution is -0.114. The third-order valence-corrected chi connectivity index (χ3v) is 5.07. The van der Waals surface area contributed by atoms with Crippen LogP contribution in [0.1, 0.15) is 23.6 Å². The molecule has 7 heteroatoms. The highest BCUT2D eigenvalue weighted by Gasteiger charge is 2.24. The minimum Gasteiger partial charge on any atom is -0.323 e. The van der Waals surface area contributed by atoms with Gasteiger partial charge in [0, 0.05) is 0 Å². The number of amides is 1. The number of hydrogen-bond donors (Lipinski definition) is 1. The molecule has 0 saturated heterocycles. The van der Waals surface area contributed by atoms with E-state index in [1.54, 1.807) is 24.3 Å². The van der Waals surface area contributed by atoms with E-state index in [4.69, 9.17) is 5.26 Å². The second-order valence-electron chi connectivity index (χ2n) is 5.91. The molecule has 2 aromatic carbocycles. The number of sulfonamides is 1. The summed E-state index contributed by atoms with van der Waals surface area (Å²) in [4.78, 5) is 12.5. The van der Waals surface area contributed by atoms with Gasteiger partial charge in [0.05, 0.1) is 23.2 Å². The zero-order valence-electron chi connectivity index (χ0n) is 15.0. The van der Waals surface area contributed by atoms with Gasteiger partial charge >= 0.3 is 0 Å². The van der Waals surface area contributed by atoms with Crippen LogP contribution in [0.4, 0.5) is 11.4 Å². The van der Waals surface area contributed by atoms with Crippen molar-refractivity contribution in [3.63, 3.8) is 0 Å². The lowest BCUT2D eigenvalue weighted by Crippen LogP contribution is -2.38. The molecular weight excluding hydrogens is 350 g/mol. The maximum absolute atomic E-state index is 12.5. The molecule has 1 N–H and O–H groups in total. The van der Waals surface area contributed by atoms with Crippen molar-refractivity contribution >= 4 is 27.3 Å². The summed E-state index contributed by atoms with van der Waals surface area (Å²) in [7, 11) is -3.67. The first-order valence-corrected chi connectivity index (χ1v) is 9.98. The fraction of sp³-hybridized carbons (Fsp3) is 0.263. The molecule has 0 heterocycles. The molecule has 0 radical (unpaired) electrons. The number of rotatable bonds is 6. The van der Waals surface area contributed by atoms with Gasteiger partial charge in [-0.1, -0.05) is 37.3 Å². The lowest BCUT2D eigenvalue weighted by Gasteiger charge is -2.26. The molecule has 26 heavy (non-hydrogen) atoms. The van der Waals surface area contributed by atoms with E-state index in [9.17, 15) is 13.2 Å². The normalized spacial score (nSPS) is 10.8. The first-order valence-electron chi connectivity index (χ1n) is 8.13. The summed E-state index contributed by atoms with van der Waals surface area (Å²) in [6.45, 7) is 3.38. The summed E-state index contributed by atoms with van der Waals surface area (Å²) in [5.41, 5.74) is 2.83. The van der Waals surface area contributed by atoms with E-state index in [0.717, 1.165) is 21.7 Å². The van der Waals surface area contributed by atoms with E-state index in [1.165, 1.54) is 0 Å². The topological polar surface area (TPSA) is 90.3 Å². The van der Waals surface area contributed by atoms with Crippen LogP contribution in [-0.4, -0.2) is 27.1 Å². The minimum atomic E-state index is -3.67. The predicted octanol–water partition coefficient (Wildman–Crippen LogP) is 2.83. The van der Waals surface area contributed by atoms with Crippen LogP contribution in [0.2, 0.25) is 0 Å². The second kappa shape index (κ2) is 8.02. The van der Waals surface area contributed by atoms with Crippen molar-refractivity contribution in [2.75, 3.05) is 22.4 Å². The van der Waals surface area contributed by atoms with Crippen LogP contribution < -0.4 is 9.62 Å². The van der Waals surface area contributed by atoms with Crippen molar-refractivity contribution in [1.82, 2.24) is 0 Å². The van der Waals surface area contributed by atoms with Gasteiger partial charge in [-0.2, -0.15) is 5.26 Å². The molecule has 2 aromatic rings. The molecule has 0 aromatic heterocycles. The molecule has 0 fully saturated rings. The average Bonchev–Trinajstić information content (AvgIpc) is 2.59. The van der Waals surface area contributed by atoms with E-state index >= 15 is 0 Å². The fourth-order valence-electron chi connectivity index (χ4n) is 2.73. The Kier molecular flexibility index (Phi) is 6.01. The Balaban J connectivity index is 2.36. The number of para-hydroxylation sites is 2. The number of nitrogens with zero attached hydrogens (tertiary/aromatic N) is 2. The third kappa shape index (κ3) is 4.41. The number of carbonyl (C=O) groups excluding carboxylic acids is 1. The average molecular weight is 371 g/mol. The van der Waals surface area contributed by atoms with Crippen molar-refractivity contribution in [1.29, 1.82) is 5.26 Å². The monoisotopic (exact) mass is 371 g/mol. The molecular formula is C19H21N3O3S. The van der Waals surface area contributed by atoms with Crippen LogP contribution in [-0.2, 0) is 21.2 Å². The van der Waals surface area contributed by atoms with Gasteiger partial charge in [-0.3, -0.25) is 9.10 Å². The summed E-state index contributed by atoms with van der Waals surface area (Å²) in [5, 5.41) is 11.7. The number of carbonyl (C=O) groups is 1. The number of hydrogen-bond acceptors (Lipinski definition) is 4. The molecule has 2 rings (SSSR count). The van der Waals surface area contributed by atoms with Gasteiger partial charge in [-0.05, 0) is 36.6 Å².